The van der Waals surface area contributed by atoms with Crippen LogP contribution < -0.4 is 11.5 Å². The summed E-state index contributed by atoms with van der Waals surface area (Å²) in [6.07, 6.45) is 1.80. The van der Waals surface area contributed by atoms with E-state index in [1.807, 2.05) is 0 Å². The number of nitrogen functional groups attached to an aromatic ring is 1. The summed E-state index contributed by atoms with van der Waals surface area (Å²) in [6.45, 7) is 2.08. The monoisotopic (exact) mass is 168 g/mol. The quantitative estimate of drug-likeness (QED) is 0.638. The van der Waals surface area contributed by atoms with Gasteiger partial charge in [-0.3, -0.25) is 4.79 Å². The molecule has 1 aromatic heterocycles. The van der Waals surface area contributed by atoms with E-state index in [1.54, 1.807) is 6.92 Å². The lowest BCUT2D eigenvalue weighted by Gasteiger charge is -1.95. The first kappa shape index (κ1) is 8.73. The van der Waals surface area contributed by atoms with Crippen molar-refractivity contribution >= 4 is 11.6 Å². The van der Waals surface area contributed by atoms with Crippen LogP contribution in [0.1, 0.15) is 16.9 Å². The molecule has 12 heavy (non-hydrogen) atoms. The summed E-state index contributed by atoms with van der Waals surface area (Å²) in [5.74, 6) is -0.127. The van der Waals surface area contributed by atoms with Gasteiger partial charge in [0.15, 0.2) is 0 Å². The van der Waals surface area contributed by atoms with E-state index < -0.39 is 0 Å². The van der Waals surface area contributed by atoms with Crippen molar-refractivity contribution in [3.05, 3.63) is 11.9 Å². The van der Waals surface area contributed by atoms with Crippen molar-refractivity contribution in [2.75, 3.05) is 12.3 Å². The molecule has 5 nitrogen and oxygen atoms in total. The van der Waals surface area contributed by atoms with Crippen molar-refractivity contribution in [2.45, 2.75) is 13.3 Å². The molecule has 0 unspecified atom stereocenters. The van der Waals surface area contributed by atoms with Gasteiger partial charge in [-0.15, -0.1) is 0 Å². The lowest BCUT2D eigenvalue weighted by molar-refractivity contribution is 0.0889. The number of aryl methyl sites for hydroxylation is 1. The molecule has 0 fully saturated rings. The fourth-order valence-corrected chi connectivity index (χ4v) is 0.839. The van der Waals surface area contributed by atoms with Crippen LogP contribution in [0.2, 0.25) is 0 Å². The Labute approximate surface area is 70.3 Å². The Morgan fingerprint density at radius 2 is 2.42 bits per heavy atom. The van der Waals surface area contributed by atoms with Gasteiger partial charge < -0.3 is 11.5 Å². The molecule has 0 saturated carbocycles. The van der Waals surface area contributed by atoms with Gasteiger partial charge in [0.25, 0.3) is 0 Å². The SMILES string of the molecule is Cc1nn(C(=O)CCN)cc1N. The van der Waals surface area contributed by atoms with Gasteiger partial charge in [-0.1, -0.05) is 0 Å². The minimum atomic E-state index is -0.127. The Bertz CT molecular complexity index is 272. The first-order valence-corrected chi connectivity index (χ1v) is 3.70. The molecule has 0 saturated heterocycles. The van der Waals surface area contributed by atoms with Gasteiger partial charge in [-0.25, -0.2) is 4.68 Å². The van der Waals surface area contributed by atoms with Crippen molar-refractivity contribution in [3.8, 4) is 0 Å². The summed E-state index contributed by atoms with van der Waals surface area (Å²) in [6, 6.07) is 0. The van der Waals surface area contributed by atoms with E-state index in [1.165, 1.54) is 10.9 Å². The van der Waals surface area contributed by atoms with Crippen molar-refractivity contribution in [3.63, 3.8) is 0 Å². The molecule has 5 heteroatoms. The van der Waals surface area contributed by atoms with Crippen LogP contribution in [-0.4, -0.2) is 22.2 Å². The summed E-state index contributed by atoms with van der Waals surface area (Å²) in [7, 11) is 0. The molecule has 0 aliphatic rings. The molecular weight excluding hydrogens is 156 g/mol. The van der Waals surface area contributed by atoms with E-state index in [9.17, 15) is 4.79 Å². The van der Waals surface area contributed by atoms with E-state index >= 15 is 0 Å². The van der Waals surface area contributed by atoms with Gasteiger partial charge >= 0.3 is 0 Å². The summed E-state index contributed by atoms with van der Waals surface area (Å²) in [5.41, 5.74) is 11.9. The Hall–Kier alpha value is -1.36. The molecule has 0 radical (unpaired) electrons. The summed E-state index contributed by atoms with van der Waals surface area (Å²) in [5, 5.41) is 3.92. The smallest absolute Gasteiger partial charge is 0.248 e. The number of carbonyl (C=O) groups is 1. The Kier molecular flexibility index (Phi) is 2.44. The second-order valence-electron chi connectivity index (χ2n) is 2.55. The average molecular weight is 168 g/mol. The third kappa shape index (κ3) is 1.62. The Morgan fingerprint density at radius 1 is 1.75 bits per heavy atom. The fraction of sp³-hybridized carbons (Fsp3) is 0.429. The highest BCUT2D eigenvalue weighted by Crippen LogP contribution is 2.06. The maximum absolute atomic E-state index is 11.2. The molecule has 0 atom stereocenters. The second-order valence-corrected chi connectivity index (χ2v) is 2.55. The van der Waals surface area contributed by atoms with Crippen LogP contribution in [-0.2, 0) is 0 Å². The number of hydrogen-bond donors (Lipinski definition) is 2. The molecule has 0 aliphatic heterocycles. The molecule has 0 aromatic carbocycles. The van der Waals surface area contributed by atoms with Crippen LogP contribution in [0.5, 0.6) is 0 Å². The zero-order valence-electron chi connectivity index (χ0n) is 6.95. The van der Waals surface area contributed by atoms with E-state index in [2.05, 4.69) is 5.10 Å². The molecule has 0 aliphatic carbocycles. The number of nitrogens with zero attached hydrogens (tertiary/aromatic N) is 2. The van der Waals surface area contributed by atoms with Gasteiger partial charge in [0.05, 0.1) is 17.6 Å². The lowest BCUT2D eigenvalue weighted by atomic mass is 10.4. The number of carbonyl (C=O) groups excluding carboxylic acids is 1. The van der Waals surface area contributed by atoms with Crippen LogP contribution in [0.25, 0.3) is 0 Å². The highest BCUT2D eigenvalue weighted by molar-refractivity contribution is 5.78. The van der Waals surface area contributed by atoms with Gasteiger partial charge in [-0.2, -0.15) is 5.10 Å². The number of hydrogen-bond acceptors (Lipinski definition) is 4. The van der Waals surface area contributed by atoms with E-state index in [-0.39, 0.29) is 5.91 Å². The van der Waals surface area contributed by atoms with Crippen molar-refractivity contribution < 1.29 is 4.79 Å². The zero-order chi connectivity index (χ0) is 9.14. The normalized spacial score (nSPS) is 10.2. The van der Waals surface area contributed by atoms with E-state index in [4.69, 9.17) is 11.5 Å². The van der Waals surface area contributed by atoms with E-state index in [0.29, 0.717) is 24.3 Å². The number of aromatic nitrogens is 2. The van der Waals surface area contributed by atoms with Crippen LogP contribution in [0.15, 0.2) is 6.20 Å². The van der Waals surface area contributed by atoms with Gasteiger partial charge in [0.1, 0.15) is 0 Å². The van der Waals surface area contributed by atoms with Crippen molar-refractivity contribution in [1.82, 2.24) is 9.78 Å². The molecule has 66 valence electrons. The molecule has 1 heterocycles. The second kappa shape index (κ2) is 3.36. The van der Waals surface area contributed by atoms with E-state index in [0.717, 1.165) is 0 Å². The van der Waals surface area contributed by atoms with Gasteiger partial charge in [0, 0.05) is 13.0 Å². The predicted molar refractivity (Wildman–Crippen MR) is 45.7 cm³/mol. The largest absolute Gasteiger partial charge is 0.396 e. The highest BCUT2D eigenvalue weighted by atomic mass is 16.2. The lowest BCUT2D eigenvalue weighted by Crippen LogP contribution is -2.15. The maximum Gasteiger partial charge on any atom is 0.248 e. The molecule has 0 amide bonds. The van der Waals surface area contributed by atoms with Crippen molar-refractivity contribution in [1.29, 1.82) is 0 Å². The summed E-state index contributed by atoms with van der Waals surface area (Å²) < 4.78 is 1.23. The maximum atomic E-state index is 11.2. The summed E-state index contributed by atoms with van der Waals surface area (Å²) >= 11 is 0. The van der Waals surface area contributed by atoms with Crippen LogP contribution >= 0.6 is 0 Å². The topological polar surface area (TPSA) is 86.9 Å². The molecular formula is C7H12N4O. The zero-order valence-corrected chi connectivity index (χ0v) is 6.95. The van der Waals surface area contributed by atoms with Crippen LogP contribution in [0.3, 0.4) is 0 Å². The molecule has 4 N–H and O–H groups in total. The number of rotatable bonds is 2. The third-order valence-corrected chi connectivity index (χ3v) is 1.55. The summed E-state index contributed by atoms with van der Waals surface area (Å²) in [4.78, 5) is 11.2. The number of nitrogens with two attached hydrogens (primary N) is 2. The minimum absolute atomic E-state index is 0.127. The first-order valence-electron chi connectivity index (χ1n) is 3.70. The van der Waals surface area contributed by atoms with Gasteiger partial charge in [0.2, 0.25) is 5.91 Å². The standard InChI is InChI=1S/C7H12N4O/c1-5-6(9)4-11(10-5)7(12)2-3-8/h4H,2-3,8-9H2,1H3. The fourth-order valence-electron chi connectivity index (χ4n) is 0.839. The molecule has 1 aromatic rings. The van der Waals surface area contributed by atoms with Crippen molar-refractivity contribution in [2.24, 2.45) is 5.73 Å². The van der Waals surface area contributed by atoms with Crippen LogP contribution in [0.4, 0.5) is 5.69 Å². The average Bonchev–Trinajstić information content (AvgIpc) is 2.33. The van der Waals surface area contributed by atoms with Crippen LogP contribution in [0, 0.1) is 6.92 Å². The minimum Gasteiger partial charge on any atom is -0.396 e. The molecule has 0 spiro atoms. The predicted octanol–water partition coefficient (Wildman–Crippen LogP) is -0.237. The third-order valence-electron chi connectivity index (χ3n) is 1.55. The number of anilines is 1. The Balaban J connectivity index is 2.82. The molecule has 0 bridgehead atoms. The first-order chi connectivity index (χ1) is 5.65. The Morgan fingerprint density at radius 3 is 2.83 bits per heavy atom. The van der Waals surface area contributed by atoms with Gasteiger partial charge in [-0.05, 0) is 6.92 Å². The molecule has 1 rings (SSSR count). The highest BCUT2D eigenvalue weighted by Gasteiger charge is 2.06.